The van der Waals surface area contributed by atoms with Crippen molar-refractivity contribution in [3.8, 4) is 5.75 Å². The lowest BCUT2D eigenvalue weighted by atomic mass is 10.1. The van der Waals surface area contributed by atoms with Crippen molar-refractivity contribution in [1.82, 2.24) is 4.90 Å². The van der Waals surface area contributed by atoms with Gasteiger partial charge in [-0.15, -0.1) is 0 Å². The fraction of sp³-hybridized carbons (Fsp3) is 0.350. The van der Waals surface area contributed by atoms with E-state index in [-0.39, 0.29) is 18.0 Å². The van der Waals surface area contributed by atoms with Crippen LogP contribution in [-0.4, -0.2) is 36.1 Å². The Morgan fingerprint density at radius 3 is 2.60 bits per heavy atom. The van der Waals surface area contributed by atoms with Crippen LogP contribution in [0.2, 0.25) is 5.02 Å². The van der Waals surface area contributed by atoms with Crippen LogP contribution in [0.5, 0.6) is 5.75 Å². The Bertz CT molecular complexity index is 739. The van der Waals surface area contributed by atoms with Crippen LogP contribution in [0.4, 0.5) is 0 Å². The third-order valence-corrected chi connectivity index (χ3v) is 4.70. The summed E-state index contributed by atoms with van der Waals surface area (Å²) < 4.78 is 11.3. The highest BCUT2D eigenvalue weighted by molar-refractivity contribution is 6.31. The largest absolute Gasteiger partial charge is 0.489 e. The fourth-order valence-corrected chi connectivity index (χ4v) is 3.24. The quantitative estimate of drug-likeness (QED) is 0.822. The minimum absolute atomic E-state index is 0.00601. The molecule has 4 nitrogen and oxygen atoms in total. The number of rotatable bonds is 4. The topological polar surface area (TPSA) is 38.8 Å². The van der Waals surface area contributed by atoms with Gasteiger partial charge in [0.15, 0.2) is 0 Å². The molecule has 0 aliphatic carbocycles. The van der Waals surface area contributed by atoms with E-state index in [4.69, 9.17) is 21.1 Å². The number of amides is 1. The van der Waals surface area contributed by atoms with Crippen molar-refractivity contribution in [3.63, 3.8) is 0 Å². The molecule has 5 heteroatoms. The average molecular weight is 360 g/mol. The highest BCUT2D eigenvalue weighted by Gasteiger charge is 2.30. The van der Waals surface area contributed by atoms with E-state index in [0.717, 1.165) is 5.56 Å². The smallest absolute Gasteiger partial charge is 0.254 e. The number of hydrogen-bond donors (Lipinski definition) is 0. The molecular formula is C20H22ClNO3. The Morgan fingerprint density at radius 2 is 1.88 bits per heavy atom. The van der Waals surface area contributed by atoms with E-state index in [1.165, 1.54) is 0 Å². The van der Waals surface area contributed by atoms with Gasteiger partial charge in [0.25, 0.3) is 5.91 Å². The van der Waals surface area contributed by atoms with E-state index in [2.05, 4.69) is 0 Å². The van der Waals surface area contributed by atoms with E-state index < -0.39 is 0 Å². The summed E-state index contributed by atoms with van der Waals surface area (Å²) in [6, 6.07) is 15.0. The number of nitrogens with zero attached hydrogens (tertiary/aromatic N) is 1. The summed E-state index contributed by atoms with van der Waals surface area (Å²) >= 11 is 6.15. The fourth-order valence-electron chi connectivity index (χ4n) is 3.05. The van der Waals surface area contributed by atoms with E-state index >= 15 is 0 Å². The number of morpholine rings is 1. The van der Waals surface area contributed by atoms with Crippen LogP contribution in [0.25, 0.3) is 0 Å². The molecule has 1 saturated heterocycles. The third-order valence-electron chi connectivity index (χ3n) is 4.34. The Morgan fingerprint density at radius 1 is 1.16 bits per heavy atom. The molecular weight excluding hydrogens is 338 g/mol. The van der Waals surface area contributed by atoms with Crippen molar-refractivity contribution in [2.24, 2.45) is 0 Å². The number of halogens is 1. The van der Waals surface area contributed by atoms with Crippen molar-refractivity contribution in [2.45, 2.75) is 32.5 Å². The van der Waals surface area contributed by atoms with Crippen molar-refractivity contribution < 1.29 is 14.3 Å². The van der Waals surface area contributed by atoms with Crippen LogP contribution in [-0.2, 0) is 11.3 Å². The second-order valence-electron chi connectivity index (χ2n) is 6.36. The number of hydrogen-bond acceptors (Lipinski definition) is 3. The number of carbonyl (C=O) groups is 1. The monoisotopic (exact) mass is 359 g/mol. The summed E-state index contributed by atoms with van der Waals surface area (Å²) in [5.41, 5.74) is 1.54. The molecule has 1 aliphatic rings. The van der Waals surface area contributed by atoms with Gasteiger partial charge in [-0.25, -0.2) is 0 Å². The van der Waals surface area contributed by atoms with Gasteiger partial charge in [0, 0.05) is 16.1 Å². The molecule has 2 atom stereocenters. The highest BCUT2D eigenvalue weighted by Crippen LogP contribution is 2.22. The van der Waals surface area contributed by atoms with E-state index in [9.17, 15) is 4.79 Å². The van der Waals surface area contributed by atoms with Gasteiger partial charge in [0.05, 0.1) is 25.3 Å². The Labute approximate surface area is 153 Å². The summed E-state index contributed by atoms with van der Waals surface area (Å²) in [6.45, 7) is 5.51. The van der Waals surface area contributed by atoms with Gasteiger partial charge in [-0.1, -0.05) is 35.9 Å². The second-order valence-corrected chi connectivity index (χ2v) is 6.76. The van der Waals surface area contributed by atoms with Crippen molar-refractivity contribution in [3.05, 3.63) is 64.7 Å². The zero-order valence-corrected chi connectivity index (χ0v) is 15.2. The van der Waals surface area contributed by atoms with Gasteiger partial charge in [0.1, 0.15) is 12.4 Å². The summed E-state index contributed by atoms with van der Waals surface area (Å²) in [5, 5.41) is 0.672. The highest BCUT2D eigenvalue weighted by atomic mass is 35.5. The van der Waals surface area contributed by atoms with Gasteiger partial charge in [0.2, 0.25) is 0 Å². The third kappa shape index (κ3) is 4.14. The first-order valence-corrected chi connectivity index (χ1v) is 8.80. The number of benzene rings is 2. The first-order chi connectivity index (χ1) is 12.1. The van der Waals surface area contributed by atoms with Gasteiger partial charge in [-0.2, -0.15) is 0 Å². The molecule has 0 spiro atoms. The van der Waals surface area contributed by atoms with E-state index in [1.54, 1.807) is 6.07 Å². The van der Waals surface area contributed by atoms with Crippen molar-refractivity contribution in [2.75, 3.05) is 13.2 Å². The zero-order valence-electron chi connectivity index (χ0n) is 14.4. The Hall–Kier alpha value is -2.04. The molecule has 1 fully saturated rings. The molecule has 0 aromatic heterocycles. The summed E-state index contributed by atoms with van der Waals surface area (Å²) in [6.07, 6.45) is 0. The average Bonchev–Trinajstić information content (AvgIpc) is 2.61. The lowest BCUT2D eigenvalue weighted by molar-refractivity contribution is -0.0249. The molecule has 1 amide bonds. The van der Waals surface area contributed by atoms with E-state index in [1.807, 2.05) is 61.2 Å². The lowest BCUT2D eigenvalue weighted by Gasteiger charge is -2.38. The summed E-state index contributed by atoms with van der Waals surface area (Å²) in [4.78, 5) is 14.8. The SMILES string of the molecule is C[C@H]1COC[C@H](C)N1C(=O)c1cccc(OCc2ccccc2Cl)c1. The normalized spacial score (nSPS) is 20.4. The predicted octanol–water partition coefficient (Wildman–Crippen LogP) is 4.17. The molecule has 1 aliphatic heterocycles. The summed E-state index contributed by atoms with van der Waals surface area (Å²) in [5.74, 6) is 0.658. The maximum Gasteiger partial charge on any atom is 0.254 e. The molecule has 2 aromatic rings. The van der Waals surface area contributed by atoms with Crippen LogP contribution in [0.15, 0.2) is 48.5 Å². The molecule has 3 rings (SSSR count). The summed E-state index contributed by atoms with van der Waals surface area (Å²) in [7, 11) is 0. The maximum absolute atomic E-state index is 12.9. The Kier molecular flexibility index (Phi) is 5.61. The van der Waals surface area contributed by atoms with E-state index in [0.29, 0.717) is 36.2 Å². The maximum atomic E-state index is 12.9. The molecule has 0 N–H and O–H groups in total. The van der Waals surface area contributed by atoms with Crippen LogP contribution in [0.1, 0.15) is 29.8 Å². The molecule has 0 unspecified atom stereocenters. The lowest BCUT2D eigenvalue weighted by Crippen LogP contribution is -2.52. The first-order valence-electron chi connectivity index (χ1n) is 8.43. The minimum atomic E-state index is 0.00601. The van der Waals surface area contributed by atoms with Crippen LogP contribution < -0.4 is 4.74 Å². The van der Waals surface area contributed by atoms with Gasteiger partial charge < -0.3 is 14.4 Å². The molecule has 25 heavy (non-hydrogen) atoms. The Balaban J connectivity index is 1.72. The molecule has 132 valence electrons. The van der Waals surface area contributed by atoms with Crippen molar-refractivity contribution >= 4 is 17.5 Å². The van der Waals surface area contributed by atoms with Gasteiger partial charge in [-0.05, 0) is 38.1 Å². The predicted molar refractivity (Wildman–Crippen MR) is 98.1 cm³/mol. The second kappa shape index (κ2) is 7.89. The van der Waals surface area contributed by atoms with Gasteiger partial charge in [-0.3, -0.25) is 4.79 Å². The van der Waals surface area contributed by atoms with Gasteiger partial charge >= 0.3 is 0 Å². The van der Waals surface area contributed by atoms with Crippen LogP contribution in [0, 0.1) is 0 Å². The molecule has 0 saturated carbocycles. The van der Waals surface area contributed by atoms with Crippen LogP contribution in [0.3, 0.4) is 0 Å². The first kappa shape index (κ1) is 17.8. The molecule has 2 aromatic carbocycles. The molecule has 1 heterocycles. The number of carbonyl (C=O) groups excluding carboxylic acids is 1. The number of ether oxygens (including phenoxy) is 2. The minimum Gasteiger partial charge on any atom is -0.489 e. The zero-order chi connectivity index (χ0) is 17.8. The van der Waals surface area contributed by atoms with Crippen LogP contribution >= 0.6 is 11.6 Å². The molecule has 0 radical (unpaired) electrons. The van der Waals surface area contributed by atoms with Crippen molar-refractivity contribution in [1.29, 1.82) is 0 Å². The molecule has 0 bridgehead atoms. The standard InChI is InChI=1S/C20H22ClNO3/c1-14-11-24-12-15(2)22(14)20(23)16-7-5-8-18(10-16)25-13-17-6-3-4-9-19(17)21/h3-10,14-15H,11-13H2,1-2H3/t14-,15-/m0/s1.